The molecule has 0 saturated carbocycles. The lowest BCUT2D eigenvalue weighted by molar-refractivity contribution is -0.201. The van der Waals surface area contributed by atoms with E-state index in [4.69, 9.17) is 5.11 Å². The molecule has 0 radical (unpaired) electrons. The molecule has 0 aliphatic rings. The first-order valence-corrected chi connectivity index (χ1v) is 4.79. The minimum Gasteiger partial charge on any atom is -0.454 e. The van der Waals surface area contributed by atoms with Crippen LogP contribution in [0.15, 0.2) is 0 Å². The summed E-state index contributed by atoms with van der Waals surface area (Å²) < 4.78 is 91.7. The molecular formula is C10H5F7O3. The van der Waals surface area contributed by atoms with Gasteiger partial charge in [-0.1, -0.05) is 0 Å². The summed E-state index contributed by atoms with van der Waals surface area (Å²) in [6.07, 6.45) is -5.42. The third-order valence-corrected chi connectivity index (χ3v) is 2.18. The molecule has 3 nitrogen and oxygen atoms in total. The molecule has 1 aromatic carbocycles. The topological polar surface area (TPSA) is 46.5 Å². The minimum absolute atomic E-state index is 1.33. The molecule has 0 unspecified atom stereocenters. The number of rotatable bonds is 3. The summed E-state index contributed by atoms with van der Waals surface area (Å²) in [6.45, 7) is -3.02. The Morgan fingerprint density at radius 3 is 1.70 bits per heavy atom. The van der Waals surface area contributed by atoms with Gasteiger partial charge in [0, 0.05) is 0 Å². The van der Waals surface area contributed by atoms with Crippen molar-refractivity contribution in [3.63, 3.8) is 0 Å². The number of carbonyl (C=O) groups excluding carboxylic acids is 1. The Kier molecular flexibility index (Phi) is 4.58. The predicted octanol–water partition coefficient (Wildman–Crippen LogP) is 2.34. The molecule has 1 aromatic rings. The minimum atomic E-state index is -5.42. The number of aliphatic hydroxyl groups is 1. The highest BCUT2D eigenvalue weighted by Crippen LogP contribution is 2.26. The van der Waals surface area contributed by atoms with E-state index >= 15 is 0 Å². The van der Waals surface area contributed by atoms with E-state index in [9.17, 15) is 35.5 Å². The number of benzene rings is 1. The van der Waals surface area contributed by atoms with Gasteiger partial charge in [0.25, 0.3) is 0 Å². The van der Waals surface area contributed by atoms with Crippen molar-refractivity contribution in [2.75, 3.05) is 0 Å². The van der Waals surface area contributed by atoms with Gasteiger partial charge in [0.15, 0.2) is 23.3 Å². The van der Waals surface area contributed by atoms with Gasteiger partial charge in [-0.25, -0.2) is 22.4 Å². The number of hydrogen-bond acceptors (Lipinski definition) is 3. The molecule has 1 N–H and O–H groups in total. The smallest absolute Gasteiger partial charge is 0.454 e. The highest BCUT2D eigenvalue weighted by molar-refractivity contribution is 5.75. The number of halogens is 7. The average molecular weight is 306 g/mol. The van der Waals surface area contributed by atoms with Gasteiger partial charge >= 0.3 is 12.1 Å². The molecule has 0 spiro atoms. The summed E-state index contributed by atoms with van der Waals surface area (Å²) in [7, 11) is 0. The van der Waals surface area contributed by atoms with E-state index in [1.807, 2.05) is 0 Å². The van der Waals surface area contributed by atoms with Crippen LogP contribution < -0.4 is 0 Å². The molecule has 0 aromatic heterocycles. The lowest BCUT2D eigenvalue weighted by Crippen LogP contribution is -2.25. The second-order valence-corrected chi connectivity index (χ2v) is 3.45. The van der Waals surface area contributed by atoms with Crippen LogP contribution in [0.3, 0.4) is 0 Å². The van der Waals surface area contributed by atoms with Crippen molar-refractivity contribution in [2.24, 2.45) is 0 Å². The summed E-state index contributed by atoms with van der Waals surface area (Å²) in [5, 5.41) is 8.52. The lowest BCUT2D eigenvalue weighted by Gasteiger charge is -2.11. The first-order chi connectivity index (χ1) is 9.11. The normalized spacial score (nSPS) is 11.6. The molecule has 0 aliphatic heterocycles. The number of hydrogen-bond donors (Lipinski definition) is 1. The van der Waals surface area contributed by atoms with E-state index in [-0.39, 0.29) is 0 Å². The molecule has 0 heterocycles. The van der Waals surface area contributed by atoms with Gasteiger partial charge in [0.05, 0.1) is 17.7 Å². The van der Waals surface area contributed by atoms with E-state index in [0.29, 0.717) is 0 Å². The lowest BCUT2D eigenvalue weighted by atomic mass is 10.1. The van der Waals surface area contributed by atoms with Gasteiger partial charge in [0.1, 0.15) is 6.61 Å². The highest BCUT2D eigenvalue weighted by Gasteiger charge is 2.41. The Bertz CT molecular complexity index is 510. The molecule has 1 rings (SSSR count). The number of alkyl halides is 3. The molecule has 10 heteroatoms. The fourth-order valence-corrected chi connectivity index (χ4v) is 1.21. The predicted molar refractivity (Wildman–Crippen MR) is 48.0 cm³/mol. The maximum atomic E-state index is 13.3. The SMILES string of the molecule is O=C(OCc1c(F)c(F)c(CO)c(F)c1F)C(F)(F)F. The zero-order valence-electron chi connectivity index (χ0n) is 9.32. The second kappa shape index (κ2) is 5.65. The monoisotopic (exact) mass is 306 g/mol. The molecule has 112 valence electrons. The summed E-state index contributed by atoms with van der Waals surface area (Å²) in [4.78, 5) is 10.3. The third kappa shape index (κ3) is 3.00. The van der Waals surface area contributed by atoms with Crippen LogP contribution in [0.4, 0.5) is 30.7 Å². The number of carbonyl (C=O) groups is 1. The number of aliphatic hydroxyl groups excluding tert-OH is 1. The Morgan fingerprint density at radius 2 is 1.35 bits per heavy atom. The van der Waals surface area contributed by atoms with Crippen LogP contribution in [0.25, 0.3) is 0 Å². The van der Waals surface area contributed by atoms with Crippen LogP contribution >= 0.6 is 0 Å². The molecule has 20 heavy (non-hydrogen) atoms. The van der Waals surface area contributed by atoms with Crippen molar-refractivity contribution in [1.29, 1.82) is 0 Å². The van der Waals surface area contributed by atoms with Gasteiger partial charge in [0.2, 0.25) is 0 Å². The fourth-order valence-electron chi connectivity index (χ4n) is 1.21. The van der Waals surface area contributed by atoms with Crippen molar-refractivity contribution < 1.29 is 45.4 Å². The molecular weight excluding hydrogens is 301 g/mol. The quantitative estimate of drug-likeness (QED) is 0.530. The molecule has 0 atom stereocenters. The van der Waals surface area contributed by atoms with Crippen molar-refractivity contribution in [2.45, 2.75) is 19.4 Å². The summed E-state index contributed by atoms with van der Waals surface area (Å²) in [5.41, 5.74) is -2.86. The van der Waals surface area contributed by atoms with Crippen molar-refractivity contribution >= 4 is 5.97 Å². The van der Waals surface area contributed by atoms with Crippen LogP contribution in [-0.4, -0.2) is 17.3 Å². The van der Waals surface area contributed by atoms with Gasteiger partial charge < -0.3 is 9.84 Å². The maximum absolute atomic E-state index is 13.3. The van der Waals surface area contributed by atoms with Crippen molar-refractivity contribution in [3.8, 4) is 0 Å². The maximum Gasteiger partial charge on any atom is 0.490 e. The van der Waals surface area contributed by atoms with Crippen LogP contribution in [0, 0.1) is 23.3 Å². The molecule has 0 bridgehead atoms. The van der Waals surface area contributed by atoms with Crippen LogP contribution in [0.2, 0.25) is 0 Å². The van der Waals surface area contributed by atoms with Crippen LogP contribution in [0.5, 0.6) is 0 Å². The Labute approximate surface area is 106 Å². The van der Waals surface area contributed by atoms with E-state index in [0.717, 1.165) is 0 Å². The first kappa shape index (κ1) is 16.2. The van der Waals surface area contributed by atoms with Gasteiger partial charge in [-0.2, -0.15) is 13.2 Å². The zero-order chi connectivity index (χ0) is 15.7. The summed E-state index contributed by atoms with van der Waals surface area (Å²) in [6, 6.07) is 0. The molecule has 0 fully saturated rings. The standard InChI is InChI=1S/C10H5F7O3/c11-5-3(1-18)6(12)8(14)4(7(5)13)2-20-9(19)10(15,16)17/h18H,1-2H2. The van der Waals surface area contributed by atoms with Gasteiger partial charge in [-0.05, 0) is 0 Å². The van der Waals surface area contributed by atoms with E-state index in [1.54, 1.807) is 0 Å². The Morgan fingerprint density at radius 1 is 0.950 bits per heavy atom. The highest BCUT2D eigenvalue weighted by atomic mass is 19.4. The Hall–Kier alpha value is -1.84. The second-order valence-electron chi connectivity index (χ2n) is 3.45. The van der Waals surface area contributed by atoms with Crippen LogP contribution in [-0.2, 0) is 22.7 Å². The molecule has 0 amide bonds. The third-order valence-electron chi connectivity index (χ3n) is 2.18. The zero-order valence-corrected chi connectivity index (χ0v) is 9.32. The van der Waals surface area contributed by atoms with Gasteiger partial charge in [-0.3, -0.25) is 0 Å². The fraction of sp³-hybridized carbons (Fsp3) is 0.300. The van der Waals surface area contributed by atoms with Crippen molar-refractivity contribution in [3.05, 3.63) is 34.4 Å². The van der Waals surface area contributed by atoms with Gasteiger partial charge in [-0.15, -0.1) is 0 Å². The van der Waals surface area contributed by atoms with Crippen molar-refractivity contribution in [1.82, 2.24) is 0 Å². The van der Waals surface area contributed by atoms with E-state index < -0.39 is 59.8 Å². The number of esters is 1. The first-order valence-electron chi connectivity index (χ1n) is 4.79. The summed E-state index contributed by atoms with van der Waals surface area (Å²) in [5.74, 6) is -10.8. The molecule has 0 aliphatic carbocycles. The van der Waals surface area contributed by atoms with Crippen LogP contribution in [0.1, 0.15) is 11.1 Å². The average Bonchev–Trinajstić information content (AvgIpc) is 2.35. The van der Waals surface area contributed by atoms with E-state index in [2.05, 4.69) is 4.74 Å². The largest absolute Gasteiger partial charge is 0.490 e. The summed E-state index contributed by atoms with van der Waals surface area (Å²) >= 11 is 0. The number of ether oxygens (including phenoxy) is 1. The van der Waals surface area contributed by atoms with E-state index in [1.165, 1.54) is 0 Å². The Balaban J connectivity index is 3.12. The molecule has 0 saturated heterocycles.